The molecule has 0 radical (unpaired) electrons. The zero-order valence-electron chi connectivity index (χ0n) is 18.3. The summed E-state index contributed by atoms with van der Waals surface area (Å²) in [6.07, 6.45) is 10.1. The highest BCUT2D eigenvalue weighted by atomic mass is 32.1. The van der Waals surface area contributed by atoms with Crippen LogP contribution in [0.3, 0.4) is 0 Å². The number of nitrogens with one attached hydrogen (secondary N) is 2. The summed E-state index contributed by atoms with van der Waals surface area (Å²) in [5.74, 6) is -0.881. The van der Waals surface area contributed by atoms with E-state index in [-0.39, 0.29) is 5.91 Å². The van der Waals surface area contributed by atoms with E-state index in [0.29, 0.717) is 27.8 Å². The first-order chi connectivity index (χ1) is 17.1. The number of aromatic nitrogens is 5. The number of thiazole rings is 1. The number of pyridine rings is 1. The lowest BCUT2D eigenvalue weighted by Crippen LogP contribution is -2.10. The zero-order valence-corrected chi connectivity index (χ0v) is 19.1. The second kappa shape index (κ2) is 9.57. The molecule has 0 saturated heterocycles. The van der Waals surface area contributed by atoms with Crippen molar-refractivity contribution in [3.8, 4) is 28.2 Å². The van der Waals surface area contributed by atoms with Crippen LogP contribution < -0.4 is 11.1 Å². The molecule has 0 unspecified atom stereocenters. The van der Waals surface area contributed by atoms with Crippen LogP contribution in [0.5, 0.6) is 0 Å². The van der Waals surface area contributed by atoms with E-state index in [4.69, 9.17) is 10.8 Å². The topological polar surface area (TPSA) is 132 Å². The van der Waals surface area contributed by atoms with Crippen molar-refractivity contribution in [2.24, 2.45) is 5.73 Å². The number of rotatable bonds is 7. The Kier molecular flexibility index (Phi) is 6.01. The summed E-state index contributed by atoms with van der Waals surface area (Å²) in [6, 6.07) is 15.1. The molecule has 4 aromatic heterocycles. The van der Waals surface area contributed by atoms with Gasteiger partial charge in [-0.2, -0.15) is 5.10 Å². The molecule has 0 aliphatic carbocycles. The van der Waals surface area contributed by atoms with E-state index in [1.54, 1.807) is 40.8 Å². The normalized spacial score (nSPS) is 11.1. The fourth-order valence-electron chi connectivity index (χ4n) is 3.41. The van der Waals surface area contributed by atoms with E-state index in [9.17, 15) is 9.59 Å². The predicted molar refractivity (Wildman–Crippen MR) is 135 cm³/mol. The van der Waals surface area contributed by atoms with Gasteiger partial charge in [-0.05, 0) is 36.4 Å². The van der Waals surface area contributed by atoms with Gasteiger partial charge in [-0.3, -0.25) is 19.9 Å². The molecule has 2 amide bonds. The Bertz CT molecular complexity index is 1520. The Hall–Kier alpha value is -4.83. The van der Waals surface area contributed by atoms with E-state index >= 15 is 0 Å². The fourth-order valence-corrected chi connectivity index (χ4v) is 4.13. The number of H-pyrrole nitrogens is 1. The molecule has 0 atom stereocenters. The molecule has 4 heterocycles. The summed E-state index contributed by atoms with van der Waals surface area (Å²) < 4.78 is 1.77. The van der Waals surface area contributed by atoms with Crippen molar-refractivity contribution in [3.05, 3.63) is 96.0 Å². The number of benzene rings is 1. The second-order valence-electron chi connectivity index (χ2n) is 7.48. The minimum atomic E-state index is -0.550. The van der Waals surface area contributed by atoms with Crippen LogP contribution in [0.25, 0.3) is 34.3 Å². The van der Waals surface area contributed by atoms with Crippen LogP contribution in [0.4, 0.5) is 5.13 Å². The van der Waals surface area contributed by atoms with Crippen LogP contribution >= 0.6 is 11.3 Å². The van der Waals surface area contributed by atoms with Crippen LogP contribution in [-0.2, 0) is 4.79 Å². The van der Waals surface area contributed by atoms with Gasteiger partial charge < -0.3 is 10.7 Å². The van der Waals surface area contributed by atoms with Crippen LogP contribution in [-0.4, -0.2) is 36.5 Å². The van der Waals surface area contributed by atoms with Gasteiger partial charge in [0.15, 0.2) is 5.13 Å². The molecular weight excluding hydrogens is 462 g/mol. The average Bonchev–Trinajstić information content (AvgIpc) is 3.63. The van der Waals surface area contributed by atoms with E-state index < -0.39 is 5.91 Å². The van der Waals surface area contributed by atoms with Gasteiger partial charge >= 0.3 is 0 Å². The summed E-state index contributed by atoms with van der Waals surface area (Å²) in [5, 5.41) is 9.70. The van der Waals surface area contributed by atoms with Crippen molar-refractivity contribution >= 4 is 34.4 Å². The molecule has 5 aromatic rings. The summed E-state index contributed by atoms with van der Waals surface area (Å²) in [4.78, 5) is 35.3. The highest BCUT2D eigenvalue weighted by Gasteiger charge is 2.13. The Balaban J connectivity index is 1.35. The van der Waals surface area contributed by atoms with Gasteiger partial charge in [-0.1, -0.05) is 18.2 Å². The largest absolute Gasteiger partial charge is 0.364 e. The van der Waals surface area contributed by atoms with E-state index in [1.165, 1.54) is 17.4 Å². The number of anilines is 1. The Labute approximate surface area is 204 Å². The Morgan fingerprint density at radius 2 is 1.97 bits per heavy atom. The van der Waals surface area contributed by atoms with Gasteiger partial charge in [0.05, 0.1) is 11.4 Å². The third-order valence-electron chi connectivity index (χ3n) is 5.09. The Morgan fingerprint density at radius 1 is 1.11 bits per heavy atom. The number of para-hydroxylation sites is 1. The average molecular weight is 482 g/mol. The summed E-state index contributed by atoms with van der Waals surface area (Å²) in [5.41, 5.74) is 10.1. The first-order valence-electron chi connectivity index (χ1n) is 10.6. The fraction of sp³-hybridized carbons (Fsp3) is 0. The quantitative estimate of drug-likeness (QED) is 0.301. The monoisotopic (exact) mass is 481 g/mol. The molecule has 10 heteroatoms. The highest BCUT2D eigenvalue weighted by Crippen LogP contribution is 2.26. The van der Waals surface area contributed by atoms with E-state index in [1.807, 2.05) is 48.7 Å². The predicted octanol–water partition coefficient (Wildman–Crippen LogP) is 4.14. The third kappa shape index (κ3) is 4.92. The molecule has 0 fully saturated rings. The molecule has 0 saturated carbocycles. The number of hydrogen-bond acceptors (Lipinski definition) is 6. The Morgan fingerprint density at radius 3 is 2.71 bits per heavy atom. The van der Waals surface area contributed by atoms with Crippen LogP contribution in [0.1, 0.15) is 16.1 Å². The van der Waals surface area contributed by atoms with E-state index in [2.05, 4.69) is 20.3 Å². The maximum absolute atomic E-state index is 12.6. The first kappa shape index (κ1) is 22.0. The molecule has 0 aliphatic rings. The van der Waals surface area contributed by atoms with Crippen molar-refractivity contribution in [3.63, 3.8) is 0 Å². The number of hydrogen-bond donors (Lipinski definition) is 3. The van der Waals surface area contributed by atoms with Crippen LogP contribution in [0, 0.1) is 0 Å². The standard InChI is InChI=1S/C25H19N7O2S/c26-24(34)20-11-18(13-28-20)21-15-35-25(29-21)30-22(33)9-8-17-14-32(19-6-2-1-3-7-19)31-23(17)16-5-4-10-27-12-16/h1-15,28H,(H2,26,34)(H,29,30,33)/b9-8+. The van der Waals surface area contributed by atoms with Crippen molar-refractivity contribution in [1.82, 2.24) is 24.7 Å². The van der Waals surface area contributed by atoms with Crippen LogP contribution in [0.15, 0.2) is 84.8 Å². The molecule has 0 spiro atoms. The maximum Gasteiger partial charge on any atom is 0.265 e. The molecular formula is C25H19N7O2S. The number of carbonyl (C=O) groups excluding carboxylic acids is 2. The molecule has 0 bridgehead atoms. The molecule has 4 N–H and O–H groups in total. The number of aromatic amines is 1. The lowest BCUT2D eigenvalue weighted by Gasteiger charge is -2.00. The molecule has 9 nitrogen and oxygen atoms in total. The number of primary amides is 1. The van der Waals surface area contributed by atoms with Gasteiger partial charge in [0.1, 0.15) is 11.4 Å². The number of amides is 2. The van der Waals surface area contributed by atoms with Crippen molar-refractivity contribution in [2.45, 2.75) is 0 Å². The zero-order chi connectivity index (χ0) is 24.2. The second-order valence-corrected chi connectivity index (χ2v) is 8.34. The van der Waals surface area contributed by atoms with Crippen molar-refractivity contribution < 1.29 is 9.59 Å². The van der Waals surface area contributed by atoms with Gasteiger partial charge in [0, 0.05) is 52.9 Å². The lowest BCUT2D eigenvalue weighted by molar-refractivity contribution is -0.111. The summed E-state index contributed by atoms with van der Waals surface area (Å²) in [7, 11) is 0. The highest BCUT2D eigenvalue weighted by molar-refractivity contribution is 7.14. The molecule has 0 aliphatic heterocycles. The maximum atomic E-state index is 12.6. The van der Waals surface area contributed by atoms with Gasteiger partial charge in [0.2, 0.25) is 5.91 Å². The van der Waals surface area contributed by atoms with Crippen LogP contribution in [0.2, 0.25) is 0 Å². The third-order valence-corrected chi connectivity index (χ3v) is 5.85. The van der Waals surface area contributed by atoms with Gasteiger partial charge in [-0.15, -0.1) is 11.3 Å². The minimum Gasteiger partial charge on any atom is -0.364 e. The lowest BCUT2D eigenvalue weighted by atomic mass is 10.1. The molecule has 1 aromatic carbocycles. The number of nitrogens with two attached hydrogens (primary N) is 1. The van der Waals surface area contributed by atoms with Gasteiger partial charge in [0.25, 0.3) is 5.91 Å². The summed E-state index contributed by atoms with van der Waals surface area (Å²) >= 11 is 1.28. The van der Waals surface area contributed by atoms with Gasteiger partial charge in [-0.25, -0.2) is 9.67 Å². The molecule has 172 valence electrons. The SMILES string of the molecule is NC(=O)c1cc(-c2csc(NC(=O)/C=C/c3cn(-c4ccccc4)nc3-c3cccnc3)n2)c[nH]1. The number of carbonyl (C=O) groups is 2. The van der Waals surface area contributed by atoms with Crippen molar-refractivity contribution in [1.29, 1.82) is 0 Å². The van der Waals surface area contributed by atoms with Crippen molar-refractivity contribution in [2.75, 3.05) is 5.32 Å². The molecule has 5 rings (SSSR count). The van der Waals surface area contributed by atoms with E-state index in [0.717, 1.165) is 16.8 Å². The number of nitrogens with zero attached hydrogens (tertiary/aromatic N) is 4. The first-order valence-corrected chi connectivity index (χ1v) is 11.4. The smallest absolute Gasteiger partial charge is 0.265 e. The minimum absolute atomic E-state index is 0.294. The summed E-state index contributed by atoms with van der Waals surface area (Å²) in [6.45, 7) is 0. The molecule has 35 heavy (non-hydrogen) atoms.